The monoisotopic (exact) mass is 229 g/mol. The van der Waals surface area contributed by atoms with E-state index in [9.17, 15) is 4.79 Å². The smallest absolute Gasteiger partial charge is 0.251 e. The number of rotatable bonds is 2. The van der Waals surface area contributed by atoms with E-state index in [1.165, 1.54) is 10.9 Å². The Hall–Kier alpha value is -1.57. The molecule has 0 fully saturated rings. The molecule has 0 atom stereocenters. The summed E-state index contributed by atoms with van der Waals surface area (Å²) in [5.41, 5.74) is 2.42. The van der Waals surface area contributed by atoms with Crippen molar-refractivity contribution in [1.29, 1.82) is 0 Å². The van der Waals surface area contributed by atoms with Crippen LogP contribution in [0.3, 0.4) is 0 Å². The Morgan fingerprint density at radius 1 is 1.00 bits per heavy atom. The quantitative estimate of drug-likeness (QED) is 0.769. The van der Waals surface area contributed by atoms with Gasteiger partial charge in [-0.3, -0.25) is 4.79 Å². The van der Waals surface area contributed by atoms with E-state index in [1.807, 2.05) is 36.6 Å². The molecule has 2 aromatic rings. The van der Waals surface area contributed by atoms with E-state index >= 15 is 0 Å². The van der Waals surface area contributed by atoms with Gasteiger partial charge in [0, 0.05) is 17.5 Å². The van der Waals surface area contributed by atoms with Gasteiger partial charge in [-0.2, -0.15) is 0 Å². The number of aromatic nitrogens is 1. The second-order valence-corrected chi connectivity index (χ2v) is 5.07. The lowest BCUT2D eigenvalue weighted by Crippen LogP contribution is -2.21. The molecule has 0 bridgehead atoms. The van der Waals surface area contributed by atoms with E-state index in [2.05, 4.69) is 19.9 Å². The van der Waals surface area contributed by atoms with E-state index in [0.29, 0.717) is 5.92 Å². The summed E-state index contributed by atoms with van der Waals surface area (Å²) < 4.78 is 1.86. The van der Waals surface area contributed by atoms with Gasteiger partial charge in [-0.05, 0) is 37.5 Å². The average molecular weight is 229 g/mol. The van der Waals surface area contributed by atoms with Crippen molar-refractivity contribution in [3.8, 4) is 0 Å². The van der Waals surface area contributed by atoms with Crippen LogP contribution in [0.1, 0.15) is 45.2 Å². The predicted octanol–water partition coefficient (Wildman–Crippen LogP) is 3.71. The molecule has 0 aliphatic rings. The Kier molecular flexibility index (Phi) is 3.05. The minimum atomic E-state index is 0.0772. The van der Waals surface area contributed by atoms with Crippen LogP contribution in [0.15, 0.2) is 35.1 Å². The molecule has 0 saturated heterocycles. The van der Waals surface area contributed by atoms with Gasteiger partial charge in [-0.1, -0.05) is 26.0 Å². The van der Waals surface area contributed by atoms with Gasteiger partial charge >= 0.3 is 0 Å². The van der Waals surface area contributed by atoms with Crippen LogP contribution in [0.2, 0.25) is 0 Å². The summed E-state index contributed by atoms with van der Waals surface area (Å²) in [5.74, 6) is 0.469. The highest BCUT2D eigenvalue weighted by atomic mass is 16.1. The summed E-state index contributed by atoms with van der Waals surface area (Å²) >= 11 is 0. The maximum atomic E-state index is 11.9. The van der Waals surface area contributed by atoms with E-state index in [0.717, 1.165) is 5.52 Å². The average Bonchev–Trinajstić information content (AvgIpc) is 2.26. The van der Waals surface area contributed by atoms with Gasteiger partial charge in [0.25, 0.3) is 5.56 Å². The number of fused-ring (bicyclic) bond motifs is 1. The first-order valence-electron chi connectivity index (χ1n) is 6.16. The summed E-state index contributed by atoms with van der Waals surface area (Å²) in [6, 6.07) is 10.0. The van der Waals surface area contributed by atoms with Gasteiger partial charge in [0.1, 0.15) is 0 Å². The zero-order valence-corrected chi connectivity index (χ0v) is 10.9. The summed E-state index contributed by atoms with van der Waals surface area (Å²) in [6.45, 7) is 8.45. The van der Waals surface area contributed by atoms with Crippen molar-refractivity contribution in [3.05, 3.63) is 46.2 Å². The lowest BCUT2D eigenvalue weighted by molar-refractivity contribution is 0.600. The van der Waals surface area contributed by atoms with Crippen molar-refractivity contribution in [2.45, 2.75) is 39.7 Å². The van der Waals surface area contributed by atoms with Crippen LogP contribution < -0.4 is 5.56 Å². The number of pyridine rings is 1. The van der Waals surface area contributed by atoms with Gasteiger partial charge in [-0.25, -0.2) is 0 Å². The Labute approximate surface area is 102 Å². The van der Waals surface area contributed by atoms with Crippen LogP contribution in [-0.2, 0) is 0 Å². The van der Waals surface area contributed by atoms with Crippen molar-refractivity contribution < 1.29 is 0 Å². The third kappa shape index (κ3) is 1.99. The Balaban J connectivity index is 2.88. The maximum Gasteiger partial charge on any atom is 0.251 e. The van der Waals surface area contributed by atoms with Gasteiger partial charge in [0.05, 0.1) is 5.52 Å². The Bertz CT molecular complexity index is 593. The minimum Gasteiger partial charge on any atom is -0.306 e. The van der Waals surface area contributed by atoms with Crippen molar-refractivity contribution in [2.75, 3.05) is 0 Å². The lowest BCUT2D eigenvalue weighted by atomic mass is 9.98. The molecule has 0 amide bonds. The predicted molar refractivity (Wildman–Crippen MR) is 72.7 cm³/mol. The molecule has 0 spiro atoms. The topological polar surface area (TPSA) is 22.0 Å². The maximum absolute atomic E-state index is 11.9. The second-order valence-electron chi connectivity index (χ2n) is 5.07. The molecule has 1 aromatic carbocycles. The molecular weight excluding hydrogens is 210 g/mol. The van der Waals surface area contributed by atoms with Gasteiger partial charge in [0.15, 0.2) is 0 Å². The Morgan fingerprint density at radius 2 is 1.71 bits per heavy atom. The standard InChI is InChI=1S/C15H19NO/c1-10(2)12-6-5-7-14-13(12)8-9-15(17)16(14)11(3)4/h5-11H,1-4H3. The lowest BCUT2D eigenvalue weighted by Gasteiger charge is -2.16. The molecule has 2 heteroatoms. The molecule has 2 rings (SSSR count). The van der Waals surface area contributed by atoms with Gasteiger partial charge < -0.3 is 4.57 Å². The van der Waals surface area contributed by atoms with Crippen molar-refractivity contribution in [2.24, 2.45) is 0 Å². The molecule has 0 N–H and O–H groups in total. The molecule has 0 unspecified atom stereocenters. The summed E-state index contributed by atoms with van der Waals surface area (Å²) in [4.78, 5) is 11.9. The fourth-order valence-corrected chi connectivity index (χ4v) is 2.35. The van der Waals surface area contributed by atoms with Crippen LogP contribution in [0, 0.1) is 0 Å². The van der Waals surface area contributed by atoms with E-state index in [4.69, 9.17) is 0 Å². The van der Waals surface area contributed by atoms with E-state index in [1.54, 1.807) is 6.07 Å². The molecular formula is C15H19NO. The van der Waals surface area contributed by atoms with Gasteiger partial charge in [0.2, 0.25) is 0 Å². The van der Waals surface area contributed by atoms with Crippen molar-refractivity contribution >= 4 is 10.9 Å². The normalized spacial score (nSPS) is 11.6. The summed E-state index contributed by atoms with van der Waals surface area (Å²) in [7, 11) is 0. The zero-order chi connectivity index (χ0) is 12.6. The third-order valence-corrected chi connectivity index (χ3v) is 3.14. The Morgan fingerprint density at radius 3 is 2.29 bits per heavy atom. The summed E-state index contributed by atoms with van der Waals surface area (Å²) in [5, 5.41) is 1.19. The van der Waals surface area contributed by atoms with Crippen LogP contribution in [0.4, 0.5) is 0 Å². The molecule has 0 aliphatic heterocycles. The number of nitrogens with zero attached hydrogens (tertiary/aromatic N) is 1. The largest absolute Gasteiger partial charge is 0.306 e. The number of hydrogen-bond acceptors (Lipinski definition) is 1. The fourth-order valence-electron chi connectivity index (χ4n) is 2.35. The molecule has 1 aromatic heterocycles. The molecule has 0 radical (unpaired) electrons. The van der Waals surface area contributed by atoms with Crippen LogP contribution >= 0.6 is 0 Å². The van der Waals surface area contributed by atoms with Crippen molar-refractivity contribution in [3.63, 3.8) is 0 Å². The van der Waals surface area contributed by atoms with E-state index < -0.39 is 0 Å². The fraction of sp³-hybridized carbons (Fsp3) is 0.400. The molecule has 17 heavy (non-hydrogen) atoms. The van der Waals surface area contributed by atoms with Gasteiger partial charge in [-0.15, -0.1) is 0 Å². The van der Waals surface area contributed by atoms with E-state index in [-0.39, 0.29) is 11.6 Å². The highest BCUT2D eigenvalue weighted by Gasteiger charge is 2.10. The first-order valence-corrected chi connectivity index (χ1v) is 6.16. The first-order chi connectivity index (χ1) is 8.02. The SMILES string of the molecule is CC(C)c1cccc2c1ccc(=O)n2C(C)C. The molecule has 1 heterocycles. The van der Waals surface area contributed by atoms with Crippen LogP contribution in [0.25, 0.3) is 10.9 Å². The van der Waals surface area contributed by atoms with Crippen LogP contribution in [0.5, 0.6) is 0 Å². The summed E-state index contributed by atoms with van der Waals surface area (Å²) in [6.07, 6.45) is 0. The van der Waals surface area contributed by atoms with Crippen molar-refractivity contribution in [1.82, 2.24) is 4.57 Å². The second kappa shape index (κ2) is 4.36. The minimum absolute atomic E-state index is 0.0772. The first kappa shape index (κ1) is 11.9. The molecule has 90 valence electrons. The highest BCUT2D eigenvalue weighted by molar-refractivity contribution is 5.83. The number of benzene rings is 1. The molecule has 2 nitrogen and oxygen atoms in total. The molecule has 0 saturated carbocycles. The highest BCUT2D eigenvalue weighted by Crippen LogP contribution is 2.25. The number of hydrogen-bond donors (Lipinski definition) is 0. The van der Waals surface area contributed by atoms with Crippen LogP contribution in [-0.4, -0.2) is 4.57 Å². The molecule has 0 aliphatic carbocycles. The third-order valence-electron chi connectivity index (χ3n) is 3.14. The zero-order valence-electron chi connectivity index (χ0n) is 10.9.